The van der Waals surface area contributed by atoms with Gasteiger partial charge < -0.3 is 15.2 Å². The van der Waals surface area contributed by atoms with Gasteiger partial charge in [0.15, 0.2) is 0 Å². The largest absolute Gasteiger partial charge is 0.387 e. The zero-order chi connectivity index (χ0) is 23.9. The van der Waals surface area contributed by atoms with Crippen LogP contribution in [0.3, 0.4) is 0 Å². The molecule has 0 bridgehead atoms. The van der Waals surface area contributed by atoms with Crippen LogP contribution in [-0.4, -0.2) is 30.0 Å². The van der Waals surface area contributed by atoms with Gasteiger partial charge in [0.2, 0.25) is 0 Å². The normalized spacial score (nSPS) is 43.4. The monoisotopic (exact) mass is 467 g/mol. The van der Waals surface area contributed by atoms with E-state index in [4.69, 9.17) is 4.74 Å². The summed E-state index contributed by atoms with van der Waals surface area (Å²) in [5.41, 5.74) is 1.32. The standard InChI is InChI=1S/C31H49NO2/c1-5-34-20-31(33)18-16-25-24(19-31)11-12-27-26(25)15-17-30(4)28(13-14-29(27)30)22(3)32-21(2)23-9-7-6-8-10-23/h6-10,21-22,24-29,32-33H,5,11-20H2,1-4H3/t21-,22-,24-,25+,26?,27-,28?,29?,30-,31-/m1/s1. The molecule has 190 valence electrons. The van der Waals surface area contributed by atoms with Gasteiger partial charge in [-0.3, -0.25) is 0 Å². The van der Waals surface area contributed by atoms with Gasteiger partial charge in [-0.05, 0) is 125 Å². The Labute approximate surface area is 208 Å². The highest BCUT2D eigenvalue weighted by Crippen LogP contribution is 2.65. The van der Waals surface area contributed by atoms with Crippen LogP contribution in [0.25, 0.3) is 0 Å². The van der Waals surface area contributed by atoms with Crippen molar-refractivity contribution >= 4 is 0 Å². The first-order chi connectivity index (χ1) is 16.3. The molecule has 5 rings (SSSR count). The molecule has 4 saturated carbocycles. The Balaban J connectivity index is 1.24. The Morgan fingerprint density at radius 2 is 1.74 bits per heavy atom. The average molecular weight is 468 g/mol. The highest BCUT2D eigenvalue weighted by Gasteiger charge is 2.58. The maximum Gasteiger partial charge on any atom is 0.0883 e. The number of ether oxygens (including phenoxy) is 1. The predicted octanol–water partition coefficient (Wildman–Crippen LogP) is 6.76. The van der Waals surface area contributed by atoms with Crippen molar-refractivity contribution in [2.24, 2.45) is 40.9 Å². The smallest absolute Gasteiger partial charge is 0.0883 e. The molecule has 0 aliphatic heterocycles. The first-order valence-electron chi connectivity index (χ1n) is 14.5. The van der Waals surface area contributed by atoms with E-state index in [0.29, 0.717) is 36.6 Å². The fourth-order valence-electron chi connectivity index (χ4n) is 9.60. The molecule has 1 aromatic rings. The Morgan fingerprint density at radius 3 is 2.50 bits per heavy atom. The topological polar surface area (TPSA) is 41.5 Å². The summed E-state index contributed by atoms with van der Waals surface area (Å²) >= 11 is 0. The SMILES string of the molecule is CCOC[C@@]1(O)CC[C@@H]2C3CC[C@@]4(C)C(CCC4[C@@H](C)N[C@H](C)c4ccccc4)[C@@H]3CC[C@@H]2C1. The zero-order valence-corrected chi connectivity index (χ0v) is 22.1. The second-order valence-corrected chi connectivity index (χ2v) is 12.9. The molecule has 3 heteroatoms. The maximum absolute atomic E-state index is 11.1. The Morgan fingerprint density at radius 1 is 0.971 bits per heavy atom. The Hall–Kier alpha value is -0.900. The average Bonchev–Trinajstić information content (AvgIpc) is 3.20. The molecule has 4 aliphatic rings. The third kappa shape index (κ3) is 4.50. The molecule has 0 saturated heterocycles. The van der Waals surface area contributed by atoms with Crippen LogP contribution in [0.4, 0.5) is 0 Å². The predicted molar refractivity (Wildman–Crippen MR) is 139 cm³/mol. The lowest BCUT2D eigenvalue weighted by atomic mass is 9.48. The molecule has 3 unspecified atom stereocenters. The van der Waals surface area contributed by atoms with E-state index in [1.54, 1.807) is 0 Å². The van der Waals surface area contributed by atoms with Crippen LogP contribution >= 0.6 is 0 Å². The van der Waals surface area contributed by atoms with Crippen molar-refractivity contribution in [2.75, 3.05) is 13.2 Å². The van der Waals surface area contributed by atoms with Crippen LogP contribution in [0.2, 0.25) is 0 Å². The number of benzene rings is 1. The van der Waals surface area contributed by atoms with Crippen molar-refractivity contribution < 1.29 is 9.84 Å². The van der Waals surface area contributed by atoms with E-state index in [1.165, 1.54) is 50.5 Å². The van der Waals surface area contributed by atoms with E-state index in [9.17, 15) is 5.11 Å². The summed E-state index contributed by atoms with van der Waals surface area (Å²) in [6, 6.07) is 11.9. The molecule has 3 nitrogen and oxygen atoms in total. The molecule has 0 heterocycles. The molecule has 10 atom stereocenters. The van der Waals surface area contributed by atoms with E-state index >= 15 is 0 Å². The number of fused-ring (bicyclic) bond motifs is 5. The van der Waals surface area contributed by atoms with Crippen molar-refractivity contribution in [3.63, 3.8) is 0 Å². The fraction of sp³-hybridized carbons (Fsp3) is 0.806. The second-order valence-electron chi connectivity index (χ2n) is 12.9. The van der Waals surface area contributed by atoms with Crippen molar-refractivity contribution in [3.8, 4) is 0 Å². The van der Waals surface area contributed by atoms with Gasteiger partial charge in [-0.2, -0.15) is 0 Å². The summed E-state index contributed by atoms with van der Waals surface area (Å²) in [4.78, 5) is 0. The summed E-state index contributed by atoms with van der Waals surface area (Å²) in [7, 11) is 0. The molecule has 34 heavy (non-hydrogen) atoms. The van der Waals surface area contributed by atoms with Crippen LogP contribution in [0.1, 0.15) is 97.1 Å². The van der Waals surface area contributed by atoms with Gasteiger partial charge in [0.25, 0.3) is 0 Å². The minimum absolute atomic E-state index is 0.406. The molecular formula is C31H49NO2. The minimum Gasteiger partial charge on any atom is -0.387 e. The summed E-state index contributed by atoms with van der Waals surface area (Å²) in [6.45, 7) is 10.7. The number of aliphatic hydroxyl groups is 1. The van der Waals surface area contributed by atoms with Gasteiger partial charge in [-0.1, -0.05) is 37.3 Å². The van der Waals surface area contributed by atoms with E-state index in [-0.39, 0.29) is 0 Å². The lowest BCUT2D eigenvalue weighted by Gasteiger charge is -2.57. The summed E-state index contributed by atoms with van der Waals surface area (Å²) in [5.74, 6) is 5.07. The fourth-order valence-corrected chi connectivity index (χ4v) is 9.60. The maximum atomic E-state index is 11.1. The summed E-state index contributed by atoms with van der Waals surface area (Å²) in [5, 5.41) is 15.1. The second kappa shape index (κ2) is 9.87. The van der Waals surface area contributed by atoms with Crippen LogP contribution in [0.15, 0.2) is 30.3 Å². The lowest BCUT2D eigenvalue weighted by Crippen LogP contribution is -2.53. The molecule has 0 aromatic heterocycles. The van der Waals surface area contributed by atoms with Crippen molar-refractivity contribution in [3.05, 3.63) is 35.9 Å². The van der Waals surface area contributed by atoms with Gasteiger partial charge in [0.05, 0.1) is 12.2 Å². The molecular weight excluding hydrogens is 418 g/mol. The van der Waals surface area contributed by atoms with Gasteiger partial charge in [0, 0.05) is 18.7 Å². The van der Waals surface area contributed by atoms with Crippen LogP contribution in [0, 0.1) is 40.9 Å². The molecule has 0 radical (unpaired) electrons. The van der Waals surface area contributed by atoms with E-state index in [0.717, 1.165) is 42.4 Å². The van der Waals surface area contributed by atoms with Crippen LogP contribution in [0.5, 0.6) is 0 Å². The van der Waals surface area contributed by atoms with Crippen LogP contribution in [-0.2, 0) is 4.74 Å². The molecule has 4 fully saturated rings. The zero-order valence-electron chi connectivity index (χ0n) is 22.1. The number of rotatable bonds is 7. The van der Waals surface area contributed by atoms with Crippen molar-refractivity contribution in [1.29, 1.82) is 0 Å². The number of hydrogen-bond acceptors (Lipinski definition) is 3. The quantitative estimate of drug-likeness (QED) is 0.465. The van der Waals surface area contributed by atoms with Crippen molar-refractivity contribution in [1.82, 2.24) is 5.32 Å². The highest BCUT2D eigenvalue weighted by atomic mass is 16.5. The lowest BCUT2D eigenvalue weighted by molar-refractivity contribution is -0.129. The molecule has 2 N–H and O–H groups in total. The van der Waals surface area contributed by atoms with Gasteiger partial charge >= 0.3 is 0 Å². The van der Waals surface area contributed by atoms with Crippen molar-refractivity contribution in [2.45, 2.75) is 103 Å². The Kier molecular flexibility index (Phi) is 7.19. The molecule has 0 amide bonds. The van der Waals surface area contributed by atoms with Crippen LogP contribution < -0.4 is 5.32 Å². The summed E-state index contributed by atoms with van der Waals surface area (Å²) < 4.78 is 5.67. The first kappa shape index (κ1) is 24.8. The third-order valence-electron chi connectivity index (χ3n) is 11.2. The first-order valence-corrected chi connectivity index (χ1v) is 14.5. The van der Waals surface area contributed by atoms with E-state index in [1.807, 2.05) is 6.92 Å². The summed E-state index contributed by atoms with van der Waals surface area (Å²) in [6.07, 6.45) is 11.5. The number of hydrogen-bond donors (Lipinski definition) is 2. The third-order valence-corrected chi connectivity index (χ3v) is 11.2. The van der Waals surface area contributed by atoms with E-state index < -0.39 is 5.60 Å². The molecule has 1 aromatic carbocycles. The molecule has 4 aliphatic carbocycles. The minimum atomic E-state index is -0.567. The Bertz CT molecular complexity index is 813. The molecule has 0 spiro atoms. The number of nitrogens with one attached hydrogen (secondary N) is 1. The van der Waals surface area contributed by atoms with E-state index in [2.05, 4.69) is 56.4 Å². The highest BCUT2D eigenvalue weighted by molar-refractivity contribution is 5.18. The van der Waals surface area contributed by atoms with Gasteiger partial charge in [-0.25, -0.2) is 0 Å². The van der Waals surface area contributed by atoms with Gasteiger partial charge in [0.1, 0.15) is 0 Å². The van der Waals surface area contributed by atoms with Gasteiger partial charge in [-0.15, -0.1) is 0 Å².